The highest BCUT2D eigenvalue weighted by Crippen LogP contribution is 2.55. The zero-order chi connectivity index (χ0) is 35.3. The van der Waals surface area contributed by atoms with Crippen molar-refractivity contribution < 1.29 is 0 Å². The van der Waals surface area contributed by atoms with E-state index < -0.39 is 0 Å². The van der Waals surface area contributed by atoms with Crippen molar-refractivity contribution >= 4 is 66.1 Å². The summed E-state index contributed by atoms with van der Waals surface area (Å²) >= 11 is 0. The molecule has 8 aromatic rings. The van der Waals surface area contributed by atoms with Gasteiger partial charge in [-0.2, -0.15) is 0 Å². The summed E-state index contributed by atoms with van der Waals surface area (Å²) in [5, 5.41) is 11.5. The molecule has 3 unspecified atom stereocenters. The number of hydrogen-bond donors (Lipinski definition) is 1. The molecule has 54 heavy (non-hydrogen) atoms. The maximum Gasteiger partial charge on any atom is 0.201 e. The van der Waals surface area contributed by atoms with E-state index in [1.807, 2.05) is 0 Å². The summed E-state index contributed by atoms with van der Waals surface area (Å²) in [6.07, 6.45) is 11.6. The molecule has 2 aliphatic carbocycles. The lowest BCUT2D eigenvalue weighted by molar-refractivity contribution is 0.624. The van der Waals surface area contributed by atoms with Crippen LogP contribution in [-0.4, -0.2) is 16.3 Å². The van der Waals surface area contributed by atoms with E-state index >= 15 is 0 Å². The average Bonchev–Trinajstić information content (AvgIpc) is 3.77. The molecule has 4 nitrogen and oxygen atoms in total. The molecule has 7 aromatic carbocycles. The molecule has 0 saturated carbocycles. The number of nitrogens with zero attached hydrogens (tertiary/aromatic N) is 3. The highest BCUT2D eigenvalue weighted by atomic mass is 15.3. The van der Waals surface area contributed by atoms with E-state index in [2.05, 4.69) is 185 Å². The predicted octanol–water partition coefficient (Wildman–Crippen LogP) is 12.3. The van der Waals surface area contributed by atoms with Gasteiger partial charge in [0, 0.05) is 44.9 Å². The van der Waals surface area contributed by atoms with Crippen molar-refractivity contribution in [3.63, 3.8) is 0 Å². The lowest BCUT2D eigenvalue weighted by Gasteiger charge is -2.33. The molecule has 1 aromatic heterocycles. The molecule has 12 rings (SSSR count). The molecule has 4 heteroatoms. The number of nitrogens with one attached hydrogen (secondary N) is 1. The number of allylic oxidation sites excluding steroid dienone is 4. The third kappa shape index (κ3) is 4.22. The van der Waals surface area contributed by atoms with Gasteiger partial charge < -0.3 is 14.8 Å². The zero-order valence-corrected chi connectivity index (χ0v) is 29.7. The van der Waals surface area contributed by atoms with Crippen molar-refractivity contribution in [1.82, 2.24) is 4.57 Å². The molecule has 0 spiro atoms. The van der Waals surface area contributed by atoms with Crippen LogP contribution in [-0.2, 0) is 0 Å². The van der Waals surface area contributed by atoms with Crippen molar-refractivity contribution in [2.24, 2.45) is 4.99 Å². The molecule has 256 valence electrons. The van der Waals surface area contributed by atoms with Gasteiger partial charge in [-0.15, -0.1) is 0 Å². The fourth-order valence-electron chi connectivity index (χ4n) is 9.90. The molecule has 4 aliphatic rings. The molecular formula is C50H36N4. The molecular weight excluding hydrogens is 657 g/mol. The summed E-state index contributed by atoms with van der Waals surface area (Å²) in [7, 11) is 0. The second-order valence-corrected chi connectivity index (χ2v) is 15.0. The number of aliphatic imine (C=N–C) groups is 1. The van der Waals surface area contributed by atoms with Crippen LogP contribution in [0.2, 0.25) is 0 Å². The topological polar surface area (TPSA) is 32.6 Å². The first-order valence-corrected chi connectivity index (χ1v) is 19.1. The zero-order valence-electron chi connectivity index (χ0n) is 29.7. The number of aromatic nitrogens is 1. The van der Waals surface area contributed by atoms with Crippen molar-refractivity contribution in [1.29, 1.82) is 0 Å². The number of fused-ring (bicyclic) bond motifs is 12. The van der Waals surface area contributed by atoms with E-state index in [0.717, 1.165) is 40.9 Å². The Hall–Kier alpha value is -6.65. The quantitative estimate of drug-likeness (QED) is 0.200. The van der Waals surface area contributed by atoms with Gasteiger partial charge in [-0.1, -0.05) is 133 Å². The summed E-state index contributed by atoms with van der Waals surface area (Å²) in [6, 6.07) is 53.4. The van der Waals surface area contributed by atoms with Gasteiger partial charge >= 0.3 is 0 Å². The molecule has 1 N–H and O–H groups in total. The average molecular weight is 693 g/mol. The van der Waals surface area contributed by atoms with E-state index in [9.17, 15) is 0 Å². The maximum atomic E-state index is 5.50. The Morgan fingerprint density at radius 1 is 0.648 bits per heavy atom. The highest BCUT2D eigenvalue weighted by Gasteiger charge is 2.43. The Balaban J connectivity index is 1.10. The first kappa shape index (κ1) is 29.9. The lowest BCUT2D eigenvalue weighted by atomic mass is 9.77. The summed E-state index contributed by atoms with van der Waals surface area (Å²) in [4.78, 5) is 8.12. The third-order valence-electron chi connectivity index (χ3n) is 12.2. The summed E-state index contributed by atoms with van der Waals surface area (Å²) in [5.74, 6) is 0.276. The summed E-state index contributed by atoms with van der Waals surface area (Å²) in [5.41, 5.74) is 13.6. The van der Waals surface area contributed by atoms with Crippen LogP contribution in [0.15, 0.2) is 186 Å². The Morgan fingerprint density at radius 2 is 1.41 bits per heavy atom. The molecule has 0 fully saturated rings. The number of para-hydroxylation sites is 1. The van der Waals surface area contributed by atoms with Crippen molar-refractivity contribution in [2.75, 3.05) is 10.2 Å². The van der Waals surface area contributed by atoms with E-state index in [1.165, 1.54) is 65.9 Å². The minimum Gasteiger partial charge on any atom is -0.346 e. The molecule has 3 atom stereocenters. The maximum absolute atomic E-state index is 5.50. The number of anilines is 3. The number of benzene rings is 7. The molecule has 0 bridgehead atoms. The fourth-order valence-corrected chi connectivity index (χ4v) is 9.90. The number of rotatable bonds is 3. The summed E-state index contributed by atoms with van der Waals surface area (Å²) < 4.78 is 2.42. The Morgan fingerprint density at radius 3 is 2.31 bits per heavy atom. The summed E-state index contributed by atoms with van der Waals surface area (Å²) in [6.45, 7) is 0. The minimum atomic E-state index is -0.338. The van der Waals surface area contributed by atoms with E-state index in [-0.39, 0.29) is 18.2 Å². The van der Waals surface area contributed by atoms with Gasteiger partial charge in [0.2, 0.25) is 6.29 Å². The van der Waals surface area contributed by atoms with Gasteiger partial charge in [-0.05, 0) is 87.5 Å². The van der Waals surface area contributed by atoms with Crippen LogP contribution in [0.1, 0.15) is 41.7 Å². The SMILES string of the molecule is C1=CC2=C(C=CC3C2c2c(ccc4ccccc24)N3c2ccc3c(c2)c2c4ccccc4ccc2n3C2N=C(c3ccccc3)c3ccccc3N2)CC1. The second-order valence-electron chi connectivity index (χ2n) is 15.0. The van der Waals surface area contributed by atoms with Crippen LogP contribution < -0.4 is 10.2 Å². The Labute approximate surface area is 313 Å². The lowest BCUT2D eigenvalue weighted by Crippen LogP contribution is -2.31. The van der Waals surface area contributed by atoms with Gasteiger partial charge in [-0.3, -0.25) is 0 Å². The van der Waals surface area contributed by atoms with Crippen LogP contribution in [0.25, 0.3) is 43.4 Å². The number of hydrogen-bond acceptors (Lipinski definition) is 3. The van der Waals surface area contributed by atoms with Gasteiger partial charge in [0.15, 0.2) is 0 Å². The van der Waals surface area contributed by atoms with Crippen LogP contribution >= 0.6 is 0 Å². The van der Waals surface area contributed by atoms with Crippen LogP contribution in [0, 0.1) is 0 Å². The van der Waals surface area contributed by atoms with E-state index in [1.54, 1.807) is 0 Å². The van der Waals surface area contributed by atoms with Gasteiger partial charge in [0.1, 0.15) is 0 Å². The van der Waals surface area contributed by atoms with Gasteiger partial charge in [0.05, 0.1) is 22.8 Å². The highest BCUT2D eigenvalue weighted by molar-refractivity contribution is 6.22. The molecule has 3 heterocycles. The van der Waals surface area contributed by atoms with E-state index in [0.29, 0.717) is 0 Å². The van der Waals surface area contributed by atoms with Crippen molar-refractivity contribution in [2.45, 2.75) is 31.1 Å². The first-order valence-electron chi connectivity index (χ1n) is 19.1. The molecule has 0 radical (unpaired) electrons. The van der Waals surface area contributed by atoms with Crippen LogP contribution in [0.3, 0.4) is 0 Å². The smallest absolute Gasteiger partial charge is 0.201 e. The van der Waals surface area contributed by atoms with Crippen LogP contribution in [0.5, 0.6) is 0 Å². The fraction of sp³-hybridized carbons (Fsp3) is 0.100. The van der Waals surface area contributed by atoms with Crippen molar-refractivity contribution in [3.8, 4) is 0 Å². The largest absolute Gasteiger partial charge is 0.346 e. The standard InChI is InChI=1S/C50H36N4/c1-2-15-34(16-3-1)49-39-20-10-11-21-41(39)51-50(52-49)54-42-29-25-35(30-40(42)46-36-17-7-4-12-31(36)22-26-43(46)54)53-44-27-23-32-13-5-8-18-37(32)47(44)48-38-19-9-6-14-33(38)24-28-45(48)53/h1-5,7-13,15-30,45,48,50-51H,6,14H2. The molecule has 2 aliphatic heterocycles. The minimum absolute atomic E-state index is 0.185. The monoisotopic (exact) mass is 692 g/mol. The predicted molar refractivity (Wildman–Crippen MR) is 225 cm³/mol. The van der Waals surface area contributed by atoms with Crippen molar-refractivity contribution in [3.05, 3.63) is 198 Å². The third-order valence-corrected chi connectivity index (χ3v) is 12.2. The van der Waals surface area contributed by atoms with E-state index in [4.69, 9.17) is 4.99 Å². The normalized spacial score (nSPS) is 19.9. The van der Waals surface area contributed by atoms with Crippen LogP contribution in [0.4, 0.5) is 17.1 Å². The molecule has 0 amide bonds. The van der Waals surface area contributed by atoms with Gasteiger partial charge in [-0.25, -0.2) is 4.99 Å². The Bertz CT molecular complexity index is 3000. The van der Waals surface area contributed by atoms with Gasteiger partial charge in [0.25, 0.3) is 0 Å². The first-order chi connectivity index (χ1) is 26.8. The second kappa shape index (κ2) is 11.4. The Kier molecular flexibility index (Phi) is 6.32. The molecule has 0 saturated heterocycles.